The van der Waals surface area contributed by atoms with Crippen LogP contribution in [0.3, 0.4) is 0 Å². The zero-order chi connectivity index (χ0) is 20.9. The Labute approximate surface area is 177 Å². The minimum absolute atomic E-state index is 0.340. The molecular weight excluding hydrogens is 376 g/mol. The molecule has 2 aliphatic heterocycles. The average molecular weight is 407 g/mol. The Hall–Kier alpha value is -2.77. The predicted molar refractivity (Wildman–Crippen MR) is 121 cm³/mol. The Morgan fingerprint density at radius 2 is 2.07 bits per heavy atom. The number of anilines is 1. The number of allylic oxidation sites excluding steroid dienone is 1. The lowest BCUT2D eigenvalue weighted by atomic mass is 9.84. The molecule has 0 spiro atoms. The lowest BCUT2D eigenvalue weighted by molar-refractivity contribution is 0.0851. The Bertz CT molecular complexity index is 943. The van der Waals surface area contributed by atoms with E-state index >= 15 is 0 Å². The molecule has 0 amide bonds. The molecule has 2 aliphatic rings. The van der Waals surface area contributed by atoms with Gasteiger partial charge in [0.25, 0.3) is 0 Å². The van der Waals surface area contributed by atoms with Gasteiger partial charge in [0.1, 0.15) is 11.5 Å². The molecule has 3 heterocycles. The van der Waals surface area contributed by atoms with Crippen LogP contribution in [0.1, 0.15) is 54.5 Å². The largest absolute Gasteiger partial charge is 0.404 e. The second kappa shape index (κ2) is 9.36. The summed E-state index contributed by atoms with van der Waals surface area (Å²) >= 11 is 0. The molecule has 0 saturated carbocycles. The van der Waals surface area contributed by atoms with Gasteiger partial charge < -0.3 is 21.5 Å². The van der Waals surface area contributed by atoms with Crippen LogP contribution in [0, 0.1) is 0 Å². The predicted octanol–water partition coefficient (Wildman–Crippen LogP) is 3.04. The fourth-order valence-corrected chi connectivity index (χ4v) is 4.44. The molecule has 7 nitrogen and oxygen atoms in total. The van der Waals surface area contributed by atoms with Gasteiger partial charge in [-0.2, -0.15) is 0 Å². The van der Waals surface area contributed by atoms with E-state index < -0.39 is 0 Å². The van der Waals surface area contributed by atoms with Crippen molar-refractivity contribution in [1.82, 2.24) is 15.3 Å². The number of hydrogen-bond acceptors (Lipinski definition) is 7. The lowest BCUT2D eigenvalue weighted by Gasteiger charge is -2.27. The summed E-state index contributed by atoms with van der Waals surface area (Å²) in [6.45, 7) is 2.74. The molecule has 0 radical (unpaired) electrons. The van der Waals surface area contributed by atoms with Crippen LogP contribution in [0.5, 0.6) is 0 Å². The molecule has 30 heavy (non-hydrogen) atoms. The monoisotopic (exact) mass is 406 g/mol. The summed E-state index contributed by atoms with van der Waals surface area (Å²) in [6.07, 6.45) is 9.34. The van der Waals surface area contributed by atoms with E-state index in [2.05, 4.69) is 33.5 Å². The first kappa shape index (κ1) is 20.5. The first-order chi connectivity index (χ1) is 14.7. The highest BCUT2D eigenvalue weighted by molar-refractivity contribution is 6.10. The molecule has 1 atom stereocenters. The fourth-order valence-electron chi connectivity index (χ4n) is 4.44. The standard InChI is InChI=1S/C23H30N6O/c1-26-13-17(12-24)22-23(25)28-14-21(29-22)16-4-5-18(15-6-9-30-10-7-15)19(11-16)20-3-2-8-27-20/h4-5,11-15,20,27H,2-3,6-10,24H2,1H3,(H2,25,28)/b17-12+,26-13?. The molecule has 158 valence electrons. The summed E-state index contributed by atoms with van der Waals surface area (Å²) in [5.41, 5.74) is 17.7. The van der Waals surface area contributed by atoms with E-state index in [0.29, 0.717) is 29.0 Å². The van der Waals surface area contributed by atoms with Crippen LogP contribution in [-0.2, 0) is 4.74 Å². The Kier molecular flexibility index (Phi) is 6.40. The third-order valence-electron chi connectivity index (χ3n) is 6.00. The minimum atomic E-state index is 0.340. The van der Waals surface area contributed by atoms with Crippen molar-refractivity contribution in [3.63, 3.8) is 0 Å². The van der Waals surface area contributed by atoms with Gasteiger partial charge in [0.05, 0.1) is 11.9 Å². The van der Waals surface area contributed by atoms with Crippen LogP contribution in [0.4, 0.5) is 5.82 Å². The molecule has 2 aromatic rings. The van der Waals surface area contributed by atoms with Crippen LogP contribution in [-0.4, -0.2) is 43.0 Å². The topological polar surface area (TPSA) is 111 Å². The van der Waals surface area contributed by atoms with Crippen molar-refractivity contribution in [3.8, 4) is 11.3 Å². The second-order valence-corrected chi connectivity index (χ2v) is 7.88. The molecular formula is C23H30N6O. The van der Waals surface area contributed by atoms with Crippen molar-refractivity contribution < 1.29 is 4.74 Å². The van der Waals surface area contributed by atoms with Crippen LogP contribution >= 0.6 is 0 Å². The number of ether oxygens (including phenoxy) is 1. The van der Waals surface area contributed by atoms with Crippen molar-refractivity contribution in [2.75, 3.05) is 32.5 Å². The van der Waals surface area contributed by atoms with Gasteiger partial charge in [0.2, 0.25) is 0 Å². The van der Waals surface area contributed by atoms with Crippen molar-refractivity contribution >= 4 is 17.6 Å². The maximum absolute atomic E-state index is 6.07. The Morgan fingerprint density at radius 3 is 2.77 bits per heavy atom. The zero-order valence-electron chi connectivity index (χ0n) is 17.5. The maximum atomic E-state index is 6.07. The molecule has 7 heteroatoms. The second-order valence-electron chi connectivity index (χ2n) is 7.88. The molecule has 5 N–H and O–H groups in total. The van der Waals surface area contributed by atoms with Crippen molar-refractivity contribution in [2.45, 2.75) is 37.6 Å². The van der Waals surface area contributed by atoms with Crippen LogP contribution in [0.15, 0.2) is 35.6 Å². The van der Waals surface area contributed by atoms with Gasteiger partial charge >= 0.3 is 0 Å². The van der Waals surface area contributed by atoms with Crippen molar-refractivity contribution in [1.29, 1.82) is 0 Å². The molecule has 1 aromatic heterocycles. The maximum Gasteiger partial charge on any atom is 0.150 e. The van der Waals surface area contributed by atoms with Gasteiger partial charge in [-0.15, -0.1) is 0 Å². The van der Waals surface area contributed by atoms with E-state index in [1.165, 1.54) is 23.7 Å². The fraction of sp³-hybridized carbons (Fsp3) is 0.435. The number of nitrogens with zero attached hydrogens (tertiary/aromatic N) is 3. The van der Waals surface area contributed by atoms with E-state index in [9.17, 15) is 0 Å². The molecule has 0 aliphatic carbocycles. The summed E-state index contributed by atoms with van der Waals surface area (Å²) < 4.78 is 5.58. The lowest BCUT2D eigenvalue weighted by Crippen LogP contribution is -2.19. The van der Waals surface area contributed by atoms with Crippen LogP contribution in [0.2, 0.25) is 0 Å². The third kappa shape index (κ3) is 4.22. The first-order valence-electron chi connectivity index (χ1n) is 10.6. The van der Waals surface area contributed by atoms with E-state index in [-0.39, 0.29) is 0 Å². The highest BCUT2D eigenvalue weighted by Crippen LogP contribution is 2.37. The number of nitrogens with two attached hydrogens (primary N) is 2. The van der Waals surface area contributed by atoms with Crippen LogP contribution < -0.4 is 16.8 Å². The van der Waals surface area contributed by atoms with Gasteiger partial charge in [-0.3, -0.25) is 4.99 Å². The highest BCUT2D eigenvalue weighted by Gasteiger charge is 2.25. The number of rotatable bonds is 5. The molecule has 2 fully saturated rings. The minimum Gasteiger partial charge on any atom is -0.404 e. The van der Waals surface area contributed by atoms with E-state index in [1.54, 1.807) is 19.5 Å². The summed E-state index contributed by atoms with van der Waals surface area (Å²) in [6, 6.07) is 7.08. The van der Waals surface area contributed by atoms with Crippen molar-refractivity contribution in [2.24, 2.45) is 10.7 Å². The number of hydrogen-bond donors (Lipinski definition) is 3. The summed E-state index contributed by atoms with van der Waals surface area (Å²) in [4.78, 5) is 13.2. The average Bonchev–Trinajstić information content (AvgIpc) is 3.33. The van der Waals surface area contributed by atoms with E-state index in [1.807, 2.05) is 0 Å². The summed E-state index contributed by atoms with van der Waals surface area (Å²) in [5, 5.41) is 3.67. The normalized spacial score (nSPS) is 20.8. The van der Waals surface area contributed by atoms with E-state index in [0.717, 1.165) is 50.3 Å². The van der Waals surface area contributed by atoms with Crippen molar-refractivity contribution in [3.05, 3.63) is 47.4 Å². The molecule has 1 unspecified atom stereocenters. The number of aliphatic imine (C=N–C) groups is 1. The van der Waals surface area contributed by atoms with Crippen LogP contribution in [0.25, 0.3) is 16.8 Å². The van der Waals surface area contributed by atoms with E-state index in [4.69, 9.17) is 21.2 Å². The summed E-state index contributed by atoms with van der Waals surface area (Å²) in [7, 11) is 1.69. The Morgan fingerprint density at radius 1 is 1.23 bits per heavy atom. The molecule has 4 rings (SSSR count). The van der Waals surface area contributed by atoms with Gasteiger partial charge in [-0.05, 0) is 55.3 Å². The van der Waals surface area contributed by atoms with Gasteiger partial charge in [0.15, 0.2) is 0 Å². The third-order valence-corrected chi connectivity index (χ3v) is 6.00. The number of benzene rings is 1. The van der Waals surface area contributed by atoms with Gasteiger partial charge in [-0.25, -0.2) is 9.97 Å². The Balaban J connectivity index is 1.75. The number of nitrogens with one attached hydrogen (secondary N) is 1. The zero-order valence-corrected chi connectivity index (χ0v) is 17.5. The first-order valence-corrected chi connectivity index (χ1v) is 10.6. The molecule has 1 aromatic carbocycles. The highest BCUT2D eigenvalue weighted by atomic mass is 16.5. The SMILES string of the molecule is CN=C/C(=C\N)c1nc(-c2ccc(C3CCOCC3)c(C3CCCN3)c2)cnc1N. The number of aromatic nitrogens is 2. The van der Waals surface area contributed by atoms with Gasteiger partial charge in [-0.1, -0.05) is 12.1 Å². The van der Waals surface area contributed by atoms with Gasteiger partial charge in [0, 0.05) is 49.9 Å². The summed E-state index contributed by atoms with van der Waals surface area (Å²) in [5.74, 6) is 0.887. The number of nitrogen functional groups attached to an aromatic ring is 1. The molecule has 0 bridgehead atoms. The molecule has 2 saturated heterocycles. The smallest absolute Gasteiger partial charge is 0.150 e. The quantitative estimate of drug-likeness (QED) is 0.658.